The normalized spacial score (nSPS) is 23.6. The van der Waals surface area contributed by atoms with Gasteiger partial charge in [-0.25, -0.2) is 9.97 Å². The molecule has 6 aliphatic heterocycles. The number of H-pyrrole nitrogens is 1. The van der Waals surface area contributed by atoms with Crippen LogP contribution in [-0.4, -0.2) is 85.7 Å². The monoisotopic (exact) mass is 1230 g/mol. The number of Topliss-reactive ketones (excluding diaryl/α,β-unsaturated/α-hetero) is 2. The van der Waals surface area contributed by atoms with E-state index in [1.165, 1.54) is 0 Å². The molecule has 0 aliphatic carbocycles. The molecule has 8 bridgehead atoms. The van der Waals surface area contributed by atoms with Crippen LogP contribution in [0.25, 0.3) is 10.9 Å². The molecule has 19 heteroatoms. The number of benzene rings is 5. The summed E-state index contributed by atoms with van der Waals surface area (Å²) in [5.41, 5.74) is 8.30. The fourth-order valence-corrected chi connectivity index (χ4v) is 14.4. The highest BCUT2D eigenvalue weighted by atomic mass is 16.5. The molecule has 19 nitrogen and oxygen atoms in total. The molecule has 0 saturated heterocycles. The number of nitrogens with zero attached hydrogens (tertiary/aromatic N) is 2. The Balaban J connectivity index is 0.000000174. The first-order valence-corrected chi connectivity index (χ1v) is 31.8. The lowest BCUT2D eigenvalue weighted by molar-refractivity contribution is -0.135. The van der Waals surface area contributed by atoms with Crippen LogP contribution >= 0.6 is 0 Å². The van der Waals surface area contributed by atoms with Gasteiger partial charge in [-0.05, 0) is 108 Å². The van der Waals surface area contributed by atoms with Crippen LogP contribution in [0.5, 0.6) is 11.5 Å². The Hall–Kier alpha value is -9.07. The van der Waals surface area contributed by atoms with E-state index < -0.39 is 65.3 Å². The van der Waals surface area contributed by atoms with Gasteiger partial charge in [0, 0.05) is 70.8 Å². The zero-order valence-corrected chi connectivity index (χ0v) is 52.6. The molecule has 91 heavy (non-hydrogen) atoms. The molecule has 3 amide bonds. The highest BCUT2D eigenvalue weighted by Gasteiger charge is 2.62. The molecular weight excluding hydrogens is 1150 g/mol. The van der Waals surface area contributed by atoms with Gasteiger partial charge in [-0.3, -0.25) is 24.0 Å². The molecule has 10 atom stereocenters. The first-order chi connectivity index (χ1) is 43.7. The van der Waals surface area contributed by atoms with Gasteiger partial charge in [-0.2, -0.15) is 0 Å². The highest BCUT2D eigenvalue weighted by Crippen LogP contribution is 2.60. The molecule has 0 fully saturated rings. The summed E-state index contributed by atoms with van der Waals surface area (Å²) in [4.78, 5) is 81.4. The zero-order valence-electron chi connectivity index (χ0n) is 52.6. The van der Waals surface area contributed by atoms with Crippen molar-refractivity contribution >= 4 is 51.6 Å². The lowest BCUT2D eigenvalue weighted by Crippen LogP contribution is -2.41. The van der Waals surface area contributed by atoms with E-state index in [-0.39, 0.29) is 77.9 Å². The lowest BCUT2D eigenvalue weighted by atomic mass is 9.72. The van der Waals surface area contributed by atoms with E-state index in [2.05, 4.69) is 49.8 Å². The van der Waals surface area contributed by atoms with E-state index in [1.54, 1.807) is 27.7 Å². The topological polar surface area (TPSA) is 272 Å². The van der Waals surface area contributed by atoms with Crippen molar-refractivity contribution in [1.82, 2.24) is 30.9 Å². The minimum atomic E-state index is -1.18. The minimum absolute atomic E-state index is 0.0177. The van der Waals surface area contributed by atoms with Crippen LogP contribution in [0, 0.1) is 42.4 Å². The quantitative estimate of drug-likeness (QED) is 0.0503. The molecule has 0 radical (unpaired) electrons. The number of anilines is 2. The Morgan fingerprint density at radius 2 is 1.09 bits per heavy atom. The fraction of sp³-hybridized carbons (Fsp3) is 0.403. The van der Waals surface area contributed by atoms with Crippen molar-refractivity contribution in [3.63, 3.8) is 0 Å². The van der Waals surface area contributed by atoms with Crippen LogP contribution in [0.15, 0.2) is 124 Å². The second-order valence-corrected chi connectivity index (χ2v) is 26.7. The van der Waals surface area contributed by atoms with Gasteiger partial charge in [-0.1, -0.05) is 134 Å². The summed E-state index contributed by atoms with van der Waals surface area (Å²) < 4.78 is 26.5. The maximum absolute atomic E-state index is 14.4. The molecule has 8 N–H and O–H groups in total. The molecule has 3 aromatic heterocycles. The summed E-state index contributed by atoms with van der Waals surface area (Å²) in [6, 6.07) is 34.6. The van der Waals surface area contributed by atoms with Gasteiger partial charge in [-0.15, -0.1) is 0 Å². The van der Waals surface area contributed by atoms with Gasteiger partial charge in [0.1, 0.15) is 52.4 Å². The third-order valence-electron chi connectivity index (χ3n) is 19.2. The number of amides is 3. The predicted molar refractivity (Wildman–Crippen MR) is 340 cm³/mol. The van der Waals surface area contributed by atoms with Crippen LogP contribution in [0.1, 0.15) is 159 Å². The SMILES string of the molecule is CC(C)[C@H](O)C(=O)C[C@H]1Cc2ccc3c(c2)C2(c4ccccc4N[C@H]2O3)c2oc(nc2C(=O)NCCc2c[nH]c3ccccc23)[C@H](C(C)C)NC1=O.Cc1nc2oc1C13c4ccccc4N[C@H]1Oc1ccc(cc13)C[C@H](CC(=O)[C@@H](O)C(C)C)C(=O)N[C@H]2C(C)C. The fourth-order valence-electron chi connectivity index (χ4n) is 14.4. The number of para-hydroxylation sites is 3. The van der Waals surface area contributed by atoms with Gasteiger partial charge in [0.2, 0.25) is 23.6 Å². The number of ketones is 2. The Morgan fingerprint density at radius 3 is 1.62 bits per heavy atom. The van der Waals surface area contributed by atoms with Crippen LogP contribution in [0.3, 0.4) is 0 Å². The molecule has 0 saturated carbocycles. The highest BCUT2D eigenvalue weighted by molar-refractivity contribution is 5.95. The largest absolute Gasteiger partial charge is 0.469 e. The number of rotatable bonds is 14. The van der Waals surface area contributed by atoms with E-state index >= 15 is 0 Å². The van der Waals surface area contributed by atoms with Crippen LogP contribution in [0.4, 0.5) is 11.4 Å². The van der Waals surface area contributed by atoms with Gasteiger partial charge < -0.3 is 60.1 Å². The summed E-state index contributed by atoms with van der Waals surface area (Å²) in [7, 11) is 0. The maximum Gasteiger partial charge on any atom is 0.273 e. The van der Waals surface area contributed by atoms with Gasteiger partial charge in [0.05, 0.1) is 5.69 Å². The number of hydrogen-bond donors (Lipinski definition) is 8. The molecule has 2 unspecified atom stereocenters. The molecule has 6 aliphatic rings. The number of aliphatic hydroxyl groups excluding tert-OH is 2. The predicted octanol–water partition coefficient (Wildman–Crippen LogP) is 9.99. The van der Waals surface area contributed by atoms with Crippen LogP contribution in [-0.2, 0) is 49.3 Å². The number of aliphatic hydroxyl groups is 2. The van der Waals surface area contributed by atoms with Crippen molar-refractivity contribution in [2.45, 2.75) is 142 Å². The Morgan fingerprint density at radius 1 is 0.604 bits per heavy atom. The summed E-state index contributed by atoms with van der Waals surface area (Å²) in [5, 5.41) is 38.6. The van der Waals surface area contributed by atoms with Crippen molar-refractivity contribution < 1.29 is 52.5 Å². The number of aryl methyl sites for hydroxylation is 1. The van der Waals surface area contributed by atoms with E-state index in [0.717, 1.165) is 72.7 Å². The van der Waals surface area contributed by atoms with Crippen molar-refractivity contribution in [3.05, 3.63) is 189 Å². The minimum Gasteiger partial charge on any atom is -0.469 e. The van der Waals surface area contributed by atoms with Crippen LogP contribution < -0.4 is 36.1 Å². The molecule has 14 rings (SSSR count). The lowest BCUT2D eigenvalue weighted by Gasteiger charge is -2.28. The number of aromatic amines is 1. The molecular formula is C72H78N8O11. The summed E-state index contributed by atoms with van der Waals surface area (Å²) in [5.74, 6) is -0.882. The summed E-state index contributed by atoms with van der Waals surface area (Å²) >= 11 is 0. The number of hydrogen-bond acceptors (Lipinski definition) is 15. The molecule has 472 valence electrons. The van der Waals surface area contributed by atoms with Crippen molar-refractivity contribution in [3.8, 4) is 11.5 Å². The number of carbonyl (C=O) groups is 5. The Bertz CT molecular complexity index is 4180. The Kier molecular flexibility index (Phi) is 15.8. The number of ether oxygens (including phenoxy) is 2. The van der Waals surface area contributed by atoms with Crippen LogP contribution in [0.2, 0.25) is 0 Å². The maximum atomic E-state index is 14.4. The molecule has 2 spiro atoms. The number of carbonyl (C=O) groups excluding carboxylic acids is 5. The third kappa shape index (κ3) is 10.3. The first kappa shape index (κ1) is 60.8. The zero-order chi connectivity index (χ0) is 63.9. The molecule has 5 aromatic carbocycles. The number of oxazole rings is 2. The second-order valence-electron chi connectivity index (χ2n) is 26.7. The van der Waals surface area contributed by atoms with Crippen molar-refractivity contribution in [2.24, 2.45) is 35.5 Å². The average molecular weight is 1230 g/mol. The van der Waals surface area contributed by atoms with Crippen molar-refractivity contribution in [2.75, 3.05) is 17.2 Å². The van der Waals surface area contributed by atoms with E-state index in [4.69, 9.17) is 28.3 Å². The number of aromatic nitrogens is 3. The second kappa shape index (κ2) is 23.6. The molecule has 8 aromatic rings. The van der Waals surface area contributed by atoms with Gasteiger partial charge in [0.15, 0.2) is 35.5 Å². The molecule has 9 heterocycles. The van der Waals surface area contributed by atoms with Crippen molar-refractivity contribution in [1.29, 1.82) is 0 Å². The van der Waals surface area contributed by atoms with E-state index in [0.29, 0.717) is 42.5 Å². The summed E-state index contributed by atoms with van der Waals surface area (Å²) in [6.45, 7) is 17.3. The summed E-state index contributed by atoms with van der Waals surface area (Å²) in [6.07, 6.45) is -0.399. The Labute approximate surface area is 527 Å². The first-order valence-electron chi connectivity index (χ1n) is 31.8. The van der Waals surface area contributed by atoms with Gasteiger partial charge in [0.25, 0.3) is 5.91 Å². The standard InChI is InChI=1S/C41H43N5O6.C31H35N3O5/c1-21(2)33-39-46-34(38(50)42-16-15-24-20-43-29-11-7-5-9-26(24)29)36(52-39)41-27-10-6-8-12-30(27)44-40(41)51-32-14-13-23(18-28(32)41)17-25(37(49)45-33)19-31(47)35(48)22(3)4;1-15(2)25-29-32-17(5)27(39-29)31-20-8-6-7-9-22(20)33-30(31)38-24-11-10-18(13-21(24)31)12-19(28(37)34-25)14-23(35)26(36)16(3)4/h5-14,18,20-22,25,33,35,40,43-44,48H,15-17,19H2,1-4H3,(H,42,50)(H,45,49);6-11,13,15-16,19,25-26,30,33,36H,12,14H2,1-5H3,(H,34,37)/t25-,33+,35+,40+,41?;19-,25+,26+,30+,31?/m11/s1. The number of fused-ring (bicyclic) bond motifs is 9. The van der Waals surface area contributed by atoms with Gasteiger partial charge >= 0.3 is 0 Å². The third-order valence-corrected chi connectivity index (χ3v) is 19.2. The smallest absolute Gasteiger partial charge is 0.273 e. The van der Waals surface area contributed by atoms with E-state index in [1.807, 2.05) is 132 Å². The van der Waals surface area contributed by atoms with E-state index in [9.17, 15) is 34.2 Å². The average Bonchev–Trinajstić information content (AvgIpc) is 1.54. The number of nitrogens with one attached hydrogen (secondary N) is 6.